The Kier molecular flexibility index (Phi) is 4.89. The minimum Gasteiger partial charge on any atom is -0.211 e. The van der Waals surface area contributed by atoms with E-state index in [1.807, 2.05) is 6.92 Å². The van der Waals surface area contributed by atoms with E-state index in [4.69, 9.17) is 0 Å². The Morgan fingerprint density at radius 1 is 1.15 bits per heavy atom. The molecule has 0 nitrogen and oxygen atoms in total. The van der Waals surface area contributed by atoms with Crippen molar-refractivity contribution in [1.82, 2.24) is 0 Å². The molecule has 0 aromatic heterocycles. The lowest BCUT2D eigenvalue weighted by Crippen LogP contribution is -1.97. The average molecular weight is 188 g/mol. The highest BCUT2D eigenvalue weighted by molar-refractivity contribution is 5.29. The fourth-order valence-corrected chi connectivity index (χ4v) is 1.03. The van der Waals surface area contributed by atoms with Crippen molar-refractivity contribution in [1.29, 1.82) is 0 Å². The molecule has 2 heteroatoms. The highest BCUT2D eigenvalue weighted by atomic mass is 19.1. The fourth-order valence-electron chi connectivity index (χ4n) is 1.03. The summed E-state index contributed by atoms with van der Waals surface area (Å²) in [5, 5.41) is 0. The molecule has 0 amide bonds. The third-order valence-electron chi connectivity index (χ3n) is 2.17. The van der Waals surface area contributed by atoms with Crippen molar-refractivity contribution >= 4 is 0 Å². The molecular formula is C11H18F2. The molecule has 0 aliphatic heterocycles. The van der Waals surface area contributed by atoms with Gasteiger partial charge in [0.05, 0.1) is 0 Å². The Morgan fingerprint density at radius 3 is 1.92 bits per heavy atom. The number of hydrogen-bond donors (Lipinski definition) is 0. The van der Waals surface area contributed by atoms with Crippen LogP contribution in [0.5, 0.6) is 0 Å². The van der Waals surface area contributed by atoms with Crippen LogP contribution in [-0.4, -0.2) is 0 Å². The Morgan fingerprint density at radius 2 is 1.62 bits per heavy atom. The van der Waals surface area contributed by atoms with Crippen LogP contribution in [0.25, 0.3) is 0 Å². The van der Waals surface area contributed by atoms with E-state index in [0.717, 1.165) is 0 Å². The molecule has 13 heavy (non-hydrogen) atoms. The van der Waals surface area contributed by atoms with Gasteiger partial charge < -0.3 is 0 Å². The lowest BCUT2D eigenvalue weighted by Gasteiger charge is -2.09. The summed E-state index contributed by atoms with van der Waals surface area (Å²) in [4.78, 5) is 0. The molecule has 0 spiro atoms. The Labute approximate surface area is 79.3 Å². The molecule has 0 fully saturated rings. The van der Waals surface area contributed by atoms with Gasteiger partial charge in [-0.1, -0.05) is 13.8 Å². The summed E-state index contributed by atoms with van der Waals surface area (Å²) in [7, 11) is 0. The Balaban J connectivity index is 4.93. The lowest BCUT2D eigenvalue weighted by molar-refractivity contribution is 0.467. The topological polar surface area (TPSA) is 0 Å². The number of hydrogen-bond acceptors (Lipinski definition) is 0. The van der Waals surface area contributed by atoms with E-state index in [0.29, 0.717) is 12.0 Å². The molecule has 0 bridgehead atoms. The van der Waals surface area contributed by atoms with E-state index in [2.05, 4.69) is 0 Å². The van der Waals surface area contributed by atoms with Crippen LogP contribution in [0, 0.1) is 5.92 Å². The molecule has 0 rings (SSSR count). The second-order valence-corrected chi connectivity index (χ2v) is 3.60. The summed E-state index contributed by atoms with van der Waals surface area (Å²) in [6, 6.07) is 0. The molecule has 0 aliphatic rings. The van der Waals surface area contributed by atoms with Crippen LogP contribution in [0.1, 0.15) is 41.0 Å². The molecule has 0 saturated heterocycles. The maximum absolute atomic E-state index is 13.4. The Hall–Kier alpha value is -0.660. The van der Waals surface area contributed by atoms with Crippen LogP contribution >= 0.6 is 0 Å². The number of halogens is 2. The van der Waals surface area contributed by atoms with E-state index in [1.165, 1.54) is 6.92 Å². The second kappa shape index (κ2) is 5.15. The smallest absolute Gasteiger partial charge is 0.127 e. The first-order chi connectivity index (χ1) is 5.91. The molecule has 1 unspecified atom stereocenters. The normalized spacial score (nSPS) is 15.0. The van der Waals surface area contributed by atoms with Gasteiger partial charge in [-0.25, -0.2) is 8.78 Å². The molecule has 76 valence electrons. The molecule has 0 aliphatic carbocycles. The third-order valence-corrected chi connectivity index (χ3v) is 2.17. The van der Waals surface area contributed by atoms with Crippen LogP contribution in [0.2, 0.25) is 0 Å². The minimum absolute atomic E-state index is 0.148. The molecule has 1 atom stereocenters. The Bertz CT molecular complexity index is 232. The third kappa shape index (κ3) is 3.29. The second-order valence-electron chi connectivity index (χ2n) is 3.60. The van der Waals surface area contributed by atoms with Crippen molar-refractivity contribution in [3.8, 4) is 0 Å². The summed E-state index contributed by atoms with van der Waals surface area (Å²) in [5.41, 5.74) is 0.672. The van der Waals surface area contributed by atoms with Gasteiger partial charge in [-0.15, -0.1) is 0 Å². The lowest BCUT2D eigenvalue weighted by atomic mass is 10.0. The largest absolute Gasteiger partial charge is 0.211 e. The predicted molar refractivity (Wildman–Crippen MR) is 52.7 cm³/mol. The van der Waals surface area contributed by atoms with Gasteiger partial charge in [0.2, 0.25) is 0 Å². The first-order valence-electron chi connectivity index (χ1n) is 4.61. The number of allylic oxidation sites excluding steroid dienone is 4. The van der Waals surface area contributed by atoms with Crippen LogP contribution in [-0.2, 0) is 0 Å². The molecular weight excluding hydrogens is 170 g/mol. The first-order valence-corrected chi connectivity index (χ1v) is 4.61. The molecule has 0 saturated carbocycles. The quantitative estimate of drug-likeness (QED) is 0.570. The molecule has 0 heterocycles. The maximum Gasteiger partial charge on any atom is 0.127 e. The van der Waals surface area contributed by atoms with Crippen molar-refractivity contribution < 1.29 is 8.78 Å². The number of rotatable bonds is 3. The zero-order chi connectivity index (χ0) is 10.6. The van der Waals surface area contributed by atoms with E-state index in [-0.39, 0.29) is 17.3 Å². The van der Waals surface area contributed by atoms with Gasteiger partial charge in [-0.2, -0.15) is 0 Å². The summed E-state index contributed by atoms with van der Waals surface area (Å²) in [6.45, 7) is 8.42. The molecule has 0 N–H and O–H groups in total. The highest BCUT2D eigenvalue weighted by Crippen LogP contribution is 2.26. The summed E-state index contributed by atoms with van der Waals surface area (Å²) >= 11 is 0. The van der Waals surface area contributed by atoms with Gasteiger partial charge in [0.15, 0.2) is 0 Å². The van der Waals surface area contributed by atoms with E-state index in [1.54, 1.807) is 20.8 Å². The van der Waals surface area contributed by atoms with E-state index >= 15 is 0 Å². The van der Waals surface area contributed by atoms with Gasteiger partial charge in [-0.3, -0.25) is 0 Å². The zero-order valence-electron chi connectivity index (χ0n) is 9.04. The van der Waals surface area contributed by atoms with Crippen LogP contribution < -0.4 is 0 Å². The molecule has 0 aromatic carbocycles. The van der Waals surface area contributed by atoms with Gasteiger partial charge in [0.25, 0.3) is 0 Å². The van der Waals surface area contributed by atoms with Crippen molar-refractivity contribution in [3.63, 3.8) is 0 Å². The monoisotopic (exact) mass is 188 g/mol. The summed E-state index contributed by atoms with van der Waals surface area (Å²) in [5.74, 6) is -0.941. The van der Waals surface area contributed by atoms with Gasteiger partial charge >= 0.3 is 0 Å². The van der Waals surface area contributed by atoms with Crippen molar-refractivity contribution in [2.75, 3.05) is 0 Å². The van der Waals surface area contributed by atoms with Crippen LogP contribution in [0.4, 0.5) is 8.78 Å². The van der Waals surface area contributed by atoms with Gasteiger partial charge in [-0.05, 0) is 32.8 Å². The van der Waals surface area contributed by atoms with Crippen molar-refractivity contribution in [2.45, 2.75) is 41.0 Å². The minimum atomic E-state index is -0.419. The zero-order valence-corrected chi connectivity index (χ0v) is 9.04. The standard InChI is InChI=1S/C11H18F2/c1-6-8(4)11(13)9(5)10(12)7(2)3/h8H,6H2,1-5H3. The fraction of sp³-hybridized carbons (Fsp3) is 0.636. The summed E-state index contributed by atoms with van der Waals surface area (Å²) in [6.07, 6.45) is 0.694. The van der Waals surface area contributed by atoms with Crippen LogP contribution in [0.15, 0.2) is 22.8 Å². The first kappa shape index (κ1) is 12.3. The summed E-state index contributed by atoms with van der Waals surface area (Å²) < 4.78 is 26.7. The van der Waals surface area contributed by atoms with E-state index in [9.17, 15) is 8.78 Å². The van der Waals surface area contributed by atoms with Gasteiger partial charge in [0.1, 0.15) is 11.7 Å². The van der Waals surface area contributed by atoms with Gasteiger partial charge in [0, 0.05) is 11.5 Å². The van der Waals surface area contributed by atoms with Crippen LogP contribution in [0.3, 0.4) is 0 Å². The van der Waals surface area contributed by atoms with Crippen molar-refractivity contribution in [2.24, 2.45) is 5.92 Å². The molecule has 0 aromatic rings. The maximum atomic E-state index is 13.4. The highest BCUT2D eigenvalue weighted by Gasteiger charge is 2.13. The average Bonchev–Trinajstić information content (AvgIpc) is 2.12. The van der Waals surface area contributed by atoms with E-state index < -0.39 is 5.83 Å². The SMILES string of the molecule is CCC(C)C(F)=C(C)C(F)=C(C)C. The predicted octanol–water partition coefficient (Wildman–Crippen LogP) is 4.54. The molecule has 0 radical (unpaired) electrons. The van der Waals surface area contributed by atoms with Crippen molar-refractivity contribution in [3.05, 3.63) is 22.8 Å².